The monoisotopic (exact) mass is 301 g/mol. The summed E-state index contributed by atoms with van der Waals surface area (Å²) in [7, 11) is 0. The van der Waals surface area contributed by atoms with Crippen molar-refractivity contribution in [3.8, 4) is 6.07 Å². The Morgan fingerprint density at radius 2 is 1.61 bits per heavy atom. The van der Waals surface area contributed by atoms with Gasteiger partial charge in [0.25, 0.3) is 0 Å². The maximum Gasteiger partial charge on any atom is 0.228 e. The molecule has 110 valence electrons. The predicted octanol–water partition coefficient (Wildman–Crippen LogP) is 3.35. The number of fused-ring (bicyclic) bond motifs is 1. The van der Waals surface area contributed by atoms with E-state index in [0.717, 1.165) is 5.56 Å². The molecule has 0 N–H and O–H groups in total. The van der Waals surface area contributed by atoms with Gasteiger partial charge in [0.15, 0.2) is 11.5 Å². The van der Waals surface area contributed by atoms with E-state index in [9.17, 15) is 9.59 Å². The number of Topliss-reactive ketones (excluding diaryl/α,β-unsaturated/α-hetero) is 2. The lowest BCUT2D eigenvalue weighted by Crippen LogP contribution is -2.19. The summed E-state index contributed by atoms with van der Waals surface area (Å²) in [6, 6.07) is 15.9. The molecule has 0 aromatic heterocycles. The van der Waals surface area contributed by atoms with Crippen molar-refractivity contribution in [2.45, 2.75) is 12.5 Å². The highest BCUT2D eigenvalue weighted by molar-refractivity contribution is 6.26. The number of ether oxygens (including phenoxy) is 1. The zero-order valence-corrected chi connectivity index (χ0v) is 12.1. The van der Waals surface area contributed by atoms with Crippen molar-refractivity contribution in [3.63, 3.8) is 0 Å². The molecule has 0 bridgehead atoms. The lowest BCUT2D eigenvalue weighted by molar-refractivity contribution is 0.0840. The van der Waals surface area contributed by atoms with E-state index in [1.807, 2.05) is 0 Å². The normalized spacial score (nSPS) is 19.0. The van der Waals surface area contributed by atoms with Crippen LogP contribution in [0.25, 0.3) is 0 Å². The molecular formula is C19H11NO3. The average Bonchev–Trinajstić information content (AvgIpc) is 3.05. The standard InChI is InChI=1S/C19H11NO3/c20-10-11-5-7-12(8-6-11)16-9-15-17(21)13-3-1-2-4-14(13)18(22)19(15)23-16/h1-8,16H,9H2. The van der Waals surface area contributed by atoms with E-state index in [0.29, 0.717) is 28.7 Å². The van der Waals surface area contributed by atoms with Gasteiger partial charge in [-0.05, 0) is 17.7 Å². The first-order valence-corrected chi connectivity index (χ1v) is 7.27. The maximum atomic E-state index is 12.6. The van der Waals surface area contributed by atoms with Crippen LogP contribution >= 0.6 is 0 Å². The molecule has 0 saturated carbocycles. The summed E-state index contributed by atoms with van der Waals surface area (Å²) in [6.07, 6.45) is 0.00936. The van der Waals surface area contributed by atoms with Gasteiger partial charge in [0, 0.05) is 17.5 Å². The van der Waals surface area contributed by atoms with Crippen LogP contribution in [0.15, 0.2) is 59.9 Å². The van der Waals surface area contributed by atoms with Gasteiger partial charge in [-0.25, -0.2) is 0 Å². The average molecular weight is 301 g/mol. The van der Waals surface area contributed by atoms with Crippen molar-refractivity contribution in [1.82, 2.24) is 0 Å². The molecule has 1 atom stereocenters. The molecule has 2 aromatic rings. The number of ketones is 2. The molecule has 2 aliphatic rings. The van der Waals surface area contributed by atoms with E-state index in [4.69, 9.17) is 10.00 Å². The Balaban J connectivity index is 1.68. The van der Waals surface area contributed by atoms with Gasteiger partial charge < -0.3 is 4.74 Å². The number of nitrogens with zero attached hydrogens (tertiary/aromatic N) is 1. The lowest BCUT2D eigenvalue weighted by atomic mass is 9.87. The third kappa shape index (κ3) is 1.98. The number of benzene rings is 2. The van der Waals surface area contributed by atoms with Crippen molar-refractivity contribution >= 4 is 11.6 Å². The van der Waals surface area contributed by atoms with Gasteiger partial charge in [0.05, 0.1) is 17.2 Å². The Morgan fingerprint density at radius 3 is 2.26 bits per heavy atom. The molecule has 0 amide bonds. The smallest absolute Gasteiger partial charge is 0.228 e. The van der Waals surface area contributed by atoms with Crippen LogP contribution in [-0.4, -0.2) is 11.6 Å². The third-order valence-electron chi connectivity index (χ3n) is 4.23. The predicted molar refractivity (Wildman–Crippen MR) is 81.7 cm³/mol. The Hall–Kier alpha value is -3.19. The van der Waals surface area contributed by atoms with Gasteiger partial charge in [-0.15, -0.1) is 0 Å². The number of carbonyl (C=O) groups excluding carboxylic acids is 2. The summed E-state index contributed by atoms with van der Waals surface area (Å²) < 4.78 is 5.79. The largest absolute Gasteiger partial charge is 0.481 e. The molecule has 4 heteroatoms. The lowest BCUT2D eigenvalue weighted by Gasteiger charge is -2.15. The van der Waals surface area contributed by atoms with E-state index >= 15 is 0 Å². The second-order valence-corrected chi connectivity index (χ2v) is 5.56. The van der Waals surface area contributed by atoms with E-state index < -0.39 is 0 Å². The van der Waals surface area contributed by atoms with Gasteiger partial charge in [-0.3, -0.25) is 9.59 Å². The minimum Gasteiger partial charge on any atom is -0.481 e. The number of rotatable bonds is 1. The summed E-state index contributed by atoms with van der Waals surface area (Å²) >= 11 is 0. The Morgan fingerprint density at radius 1 is 0.957 bits per heavy atom. The summed E-state index contributed by atoms with van der Waals surface area (Å²) in [5.41, 5.74) is 2.70. The van der Waals surface area contributed by atoms with Gasteiger partial charge in [0.1, 0.15) is 6.10 Å². The first-order valence-electron chi connectivity index (χ1n) is 7.27. The molecule has 4 nitrogen and oxygen atoms in total. The minimum absolute atomic E-state index is 0.133. The second-order valence-electron chi connectivity index (χ2n) is 5.56. The number of allylic oxidation sites excluding steroid dienone is 1. The zero-order chi connectivity index (χ0) is 16.0. The fourth-order valence-corrected chi connectivity index (χ4v) is 3.04. The minimum atomic E-state index is -0.366. The summed E-state index contributed by atoms with van der Waals surface area (Å²) in [5, 5.41) is 8.85. The summed E-state index contributed by atoms with van der Waals surface area (Å²) in [6.45, 7) is 0. The maximum absolute atomic E-state index is 12.6. The molecule has 4 rings (SSSR count). The highest BCUT2D eigenvalue weighted by Gasteiger charge is 2.40. The van der Waals surface area contributed by atoms with Crippen LogP contribution in [0.1, 0.15) is 44.4 Å². The van der Waals surface area contributed by atoms with Crippen LogP contribution in [0.3, 0.4) is 0 Å². The fraction of sp³-hybridized carbons (Fsp3) is 0.105. The van der Waals surface area contributed by atoms with E-state index in [1.54, 1.807) is 48.5 Å². The van der Waals surface area contributed by atoms with E-state index in [2.05, 4.69) is 6.07 Å². The van der Waals surface area contributed by atoms with Gasteiger partial charge in [0.2, 0.25) is 5.78 Å². The number of carbonyl (C=O) groups is 2. The van der Waals surface area contributed by atoms with E-state index in [-0.39, 0.29) is 23.4 Å². The van der Waals surface area contributed by atoms with Crippen LogP contribution in [0.2, 0.25) is 0 Å². The van der Waals surface area contributed by atoms with Crippen LogP contribution < -0.4 is 0 Å². The SMILES string of the molecule is N#Cc1ccc(C2CC3=C(O2)C(=O)c2ccccc2C3=O)cc1. The molecule has 0 fully saturated rings. The van der Waals surface area contributed by atoms with Crippen LogP contribution in [0, 0.1) is 11.3 Å². The van der Waals surface area contributed by atoms with Crippen LogP contribution in [0.5, 0.6) is 0 Å². The topological polar surface area (TPSA) is 67.2 Å². The van der Waals surface area contributed by atoms with Crippen molar-refractivity contribution in [1.29, 1.82) is 5.26 Å². The van der Waals surface area contributed by atoms with Gasteiger partial charge >= 0.3 is 0 Å². The molecule has 0 spiro atoms. The zero-order valence-electron chi connectivity index (χ0n) is 12.1. The molecular weight excluding hydrogens is 290 g/mol. The Kier molecular flexibility index (Phi) is 2.88. The molecule has 23 heavy (non-hydrogen) atoms. The first-order chi connectivity index (χ1) is 11.2. The Labute approximate surface area is 132 Å². The molecule has 1 aliphatic heterocycles. The molecule has 0 radical (unpaired) electrons. The van der Waals surface area contributed by atoms with Crippen molar-refractivity contribution in [2.24, 2.45) is 0 Å². The van der Waals surface area contributed by atoms with Gasteiger partial charge in [-0.2, -0.15) is 5.26 Å². The van der Waals surface area contributed by atoms with Crippen LogP contribution in [0.4, 0.5) is 0 Å². The quantitative estimate of drug-likeness (QED) is 0.810. The first kappa shape index (κ1) is 13.5. The summed E-state index contributed by atoms with van der Waals surface area (Å²) in [5.74, 6) is -0.194. The number of nitriles is 1. The fourth-order valence-electron chi connectivity index (χ4n) is 3.04. The van der Waals surface area contributed by atoms with Gasteiger partial charge in [-0.1, -0.05) is 36.4 Å². The molecule has 1 heterocycles. The van der Waals surface area contributed by atoms with Crippen molar-refractivity contribution in [2.75, 3.05) is 0 Å². The highest BCUT2D eigenvalue weighted by Crippen LogP contribution is 2.41. The number of hydrogen-bond acceptors (Lipinski definition) is 4. The Bertz CT molecular complexity index is 869. The molecule has 1 unspecified atom stereocenters. The van der Waals surface area contributed by atoms with E-state index in [1.165, 1.54) is 0 Å². The van der Waals surface area contributed by atoms with Crippen LogP contribution in [-0.2, 0) is 4.74 Å². The molecule has 0 saturated heterocycles. The highest BCUT2D eigenvalue weighted by atomic mass is 16.5. The number of hydrogen-bond donors (Lipinski definition) is 0. The van der Waals surface area contributed by atoms with Crippen molar-refractivity contribution in [3.05, 3.63) is 82.1 Å². The second kappa shape index (κ2) is 4.92. The summed E-state index contributed by atoms with van der Waals surface area (Å²) in [4.78, 5) is 25.1. The van der Waals surface area contributed by atoms with Crippen molar-refractivity contribution < 1.29 is 14.3 Å². The third-order valence-corrected chi connectivity index (χ3v) is 4.23. The molecule has 1 aliphatic carbocycles. The molecule has 2 aromatic carbocycles.